The summed E-state index contributed by atoms with van der Waals surface area (Å²) in [5, 5.41) is 3.32. The van der Waals surface area contributed by atoms with Gasteiger partial charge in [-0.2, -0.15) is 0 Å². The SMILES string of the molecule is C=CCNc1c(C)cc(Br)cc1C. The van der Waals surface area contributed by atoms with Gasteiger partial charge in [0, 0.05) is 16.7 Å². The van der Waals surface area contributed by atoms with Gasteiger partial charge in [0.25, 0.3) is 0 Å². The maximum atomic E-state index is 3.68. The first-order valence-corrected chi connectivity index (χ1v) is 5.06. The molecule has 0 saturated heterocycles. The Hall–Kier alpha value is -0.760. The summed E-state index contributed by atoms with van der Waals surface area (Å²) in [5.41, 5.74) is 3.73. The van der Waals surface area contributed by atoms with Gasteiger partial charge in [-0.1, -0.05) is 22.0 Å². The van der Waals surface area contributed by atoms with Crippen LogP contribution in [0.25, 0.3) is 0 Å². The van der Waals surface area contributed by atoms with E-state index in [2.05, 4.69) is 53.8 Å². The minimum atomic E-state index is 0.809. The van der Waals surface area contributed by atoms with Crippen molar-refractivity contribution in [3.05, 3.63) is 40.4 Å². The van der Waals surface area contributed by atoms with E-state index < -0.39 is 0 Å². The molecule has 0 bridgehead atoms. The molecule has 1 aromatic carbocycles. The molecule has 0 fully saturated rings. The highest BCUT2D eigenvalue weighted by molar-refractivity contribution is 9.10. The fraction of sp³-hybridized carbons (Fsp3) is 0.273. The van der Waals surface area contributed by atoms with Gasteiger partial charge in [0.2, 0.25) is 0 Å². The van der Waals surface area contributed by atoms with Crippen molar-refractivity contribution in [2.24, 2.45) is 0 Å². The zero-order chi connectivity index (χ0) is 9.84. The molecular formula is C11H14BrN. The summed E-state index contributed by atoms with van der Waals surface area (Å²) in [5.74, 6) is 0. The van der Waals surface area contributed by atoms with Gasteiger partial charge in [-0.05, 0) is 37.1 Å². The molecule has 0 aliphatic carbocycles. The molecule has 0 unspecified atom stereocenters. The Bertz CT molecular complexity index is 295. The molecule has 0 aromatic heterocycles. The first-order valence-electron chi connectivity index (χ1n) is 4.26. The summed E-state index contributed by atoms with van der Waals surface area (Å²) in [6.45, 7) is 8.69. The van der Waals surface area contributed by atoms with Crippen molar-refractivity contribution in [2.45, 2.75) is 13.8 Å². The van der Waals surface area contributed by atoms with Gasteiger partial charge in [0.05, 0.1) is 0 Å². The molecule has 70 valence electrons. The molecule has 0 aliphatic rings. The number of rotatable bonds is 3. The second-order valence-electron chi connectivity index (χ2n) is 3.08. The van der Waals surface area contributed by atoms with Crippen molar-refractivity contribution < 1.29 is 0 Å². The van der Waals surface area contributed by atoms with E-state index >= 15 is 0 Å². The average molecular weight is 240 g/mol. The van der Waals surface area contributed by atoms with Crippen molar-refractivity contribution >= 4 is 21.6 Å². The Balaban J connectivity index is 2.98. The molecule has 1 aromatic rings. The second-order valence-corrected chi connectivity index (χ2v) is 4.00. The van der Waals surface area contributed by atoms with Gasteiger partial charge < -0.3 is 5.32 Å². The van der Waals surface area contributed by atoms with Crippen molar-refractivity contribution in [3.8, 4) is 0 Å². The number of halogens is 1. The number of nitrogens with one attached hydrogen (secondary N) is 1. The summed E-state index contributed by atoms with van der Waals surface area (Å²) in [6, 6.07) is 4.22. The van der Waals surface area contributed by atoms with Crippen molar-refractivity contribution in [3.63, 3.8) is 0 Å². The van der Waals surface area contributed by atoms with E-state index in [0.29, 0.717) is 0 Å². The largest absolute Gasteiger partial charge is 0.381 e. The van der Waals surface area contributed by atoms with Crippen molar-refractivity contribution in [1.82, 2.24) is 0 Å². The van der Waals surface area contributed by atoms with Crippen molar-refractivity contribution in [1.29, 1.82) is 0 Å². The van der Waals surface area contributed by atoms with Crippen LogP contribution in [0.4, 0.5) is 5.69 Å². The summed E-state index contributed by atoms with van der Waals surface area (Å²) in [4.78, 5) is 0. The predicted octanol–water partition coefficient (Wildman–Crippen LogP) is 3.66. The third-order valence-electron chi connectivity index (χ3n) is 1.92. The van der Waals surface area contributed by atoms with Crippen LogP contribution in [0.2, 0.25) is 0 Å². The number of benzene rings is 1. The van der Waals surface area contributed by atoms with E-state index in [9.17, 15) is 0 Å². The highest BCUT2D eigenvalue weighted by Gasteiger charge is 2.01. The highest BCUT2D eigenvalue weighted by Crippen LogP contribution is 2.24. The van der Waals surface area contributed by atoms with Crippen LogP contribution in [0.3, 0.4) is 0 Å². The van der Waals surface area contributed by atoms with E-state index in [1.54, 1.807) is 0 Å². The molecule has 0 atom stereocenters. The van der Waals surface area contributed by atoms with E-state index in [-0.39, 0.29) is 0 Å². The number of hydrogen-bond donors (Lipinski definition) is 1. The lowest BCUT2D eigenvalue weighted by atomic mass is 10.1. The zero-order valence-corrected chi connectivity index (χ0v) is 9.61. The van der Waals surface area contributed by atoms with Gasteiger partial charge in [-0.25, -0.2) is 0 Å². The fourth-order valence-electron chi connectivity index (χ4n) is 1.36. The maximum absolute atomic E-state index is 3.68. The average Bonchev–Trinajstić information content (AvgIpc) is 2.02. The molecule has 1 nitrogen and oxygen atoms in total. The Kier molecular flexibility index (Phi) is 3.55. The van der Waals surface area contributed by atoms with Gasteiger partial charge in [-0.3, -0.25) is 0 Å². The molecule has 2 heteroatoms. The summed E-state index contributed by atoms with van der Waals surface area (Å²) in [7, 11) is 0. The Morgan fingerprint density at radius 2 is 1.92 bits per heavy atom. The van der Waals surface area contributed by atoms with Crippen molar-refractivity contribution in [2.75, 3.05) is 11.9 Å². The predicted molar refractivity (Wildman–Crippen MR) is 62.3 cm³/mol. The molecule has 0 amide bonds. The van der Waals surface area contributed by atoms with Gasteiger partial charge >= 0.3 is 0 Å². The van der Waals surface area contributed by atoms with Gasteiger partial charge in [0.1, 0.15) is 0 Å². The molecule has 0 aliphatic heterocycles. The third-order valence-corrected chi connectivity index (χ3v) is 2.38. The molecule has 0 radical (unpaired) electrons. The standard InChI is InChI=1S/C11H14BrN/c1-4-5-13-11-8(2)6-10(12)7-9(11)3/h4,6-7,13H,1,5H2,2-3H3. The first kappa shape index (κ1) is 10.3. The molecule has 1 rings (SSSR count). The third kappa shape index (κ3) is 2.59. The monoisotopic (exact) mass is 239 g/mol. The molecule has 0 saturated carbocycles. The molecule has 13 heavy (non-hydrogen) atoms. The first-order chi connectivity index (χ1) is 6.15. The Morgan fingerprint density at radius 3 is 2.38 bits per heavy atom. The summed E-state index contributed by atoms with van der Waals surface area (Å²) < 4.78 is 1.13. The fourth-order valence-corrected chi connectivity index (χ4v) is 2.05. The molecular weight excluding hydrogens is 226 g/mol. The Morgan fingerprint density at radius 1 is 1.38 bits per heavy atom. The van der Waals surface area contributed by atoms with Crippen LogP contribution in [-0.2, 0) is 0 Å². The van der Waals surface area contributed by atoms with Crippen LogP contribution in [0.1, 0.15) is 11.1 Å². The normalized spacial score (nSPS) is 9.77. The van der Waals surface area contributed by atoms with Crippen LogP contribution in [0, 0.1) is 13.8 Å². The second kappa shape index (κ2) is 4.47. The lowest BCUT2D eigenvalue weighted by molar-refractivity contribution is 1.26. The molecule has 0 heterocycles. The van der Waals surface area contributed by atoms with Crippen LogP contribution in [0.15, 0.2) is 29.3 Å². The number of aryl methyl sites for hydroxylation is 2. The van der Waals surface area contributed by atoms with Gasteiger partial charge in [-0.15, -0.1) is 6.58 Å². The van der Waals surface area contributed by atoms with E-state index in [0.717, 1.165) is 11.0 Å². The van der Waals surface area contributed by atoms with Crippen LogP contribution in [0.5, 0.6) is 0 Å². The van der Waals surface area contributed by atoms with Crippen LogP contribution < -0.4 is 5.32 Å². The van der Waals surface area contributed by atoms with Gasteiger partial charge in [0.15, 0.2) is 0 Å². The number of hydrogen-bond acceptors (Lipinski definition) is 1. The molecule has 0 spiro atoms. The van der Waals surface area contributed by atoms with E-state index in [1.165, 1.54) is 16.8 Å². The molecule has 1 N–H and O–H groups in total. The van der Waals surface area contributed by atoms with E-state index in [1.807, 2.05) is 6.08 Å². The number of anilines is 1. The zero-order valence-electron chi connectivity index (χ0n) is 8.02. The minimum absolute atomic E-state index is 0.809. The topological polar surface area (TPSA) is 12.0 Å². The lowest BCUT2D eigenvalue weighted by Crippen LogP contribution is -2.01. The maximum Gasteiger partial charge on any atom is 0.0402 e. The van der Waals surface area contributed by atoms with Crippen LogP contribution in [-0.4, -0.2) is 6.54 Å². The smallest absolute Gasteiger partial charge is 0.0402 e. The Labute approximate surface area is 88.0 Å². The minimum Gasteiger partial charge on any atom is -0.381 e. The lowest BCUT2D eigenvalue weighted by Gasteiger charge is -2.11. The highest BCUT2D eigenvalue weighted by atomic mass is 79.9. The van der Waals surface area contributed by atoms with E-state index in [4.69, 9.17) is 0 Å². The quantitative estimate of drug-likeness (QED) is 0.795. The summed E-state index contributed by atoms with van der Waals surface area (Å²) in [6.07, 6.45) is 1.86. The summed E-state index contributed by atoms with van der Waals surface area (Å²) >= 11 is 3.47. The van der Waals surface area contributed by atoms with Crippen LogP contribution >= 0.6 is 15.9 Å².